The zero-order valence-corrected chi connectivity index (χ0v) is 16.3. The van der Waals surface area contributed by atoms with Gasteiger partial charge in [-0.15, -0.1) is 12.4 Å². The van der Waals surface area contributed by atoms with Gasteiger partial charge in [0.05, 0.1) is 17.4 Å². The van der Waals surface area contributed by atoms with Crippen LogP contribution in [0.15, 0.2) is 41.4 Å². The predicted octanol–water partition coefficient (Wildman–Crippen LogP) is 2.33. The van der Waals surface area contributed by atoms with Gasteiger partial charge >= 0.3 is 0 Å². The minimum atomic E-state index is -3.38. The maximum atomic E-state index is 11.1. The fraction of sp³-hybridized carbons (Fsp3) is 0.412. The summed E-state index contributed by atoms with van der Waals surface area (Å²) in [5.41, 5.74) is 0.807. The van der Waals surface area contributed by atoms with E-state index >= 15 is 0 Å². The Morgan fingerprint density at radius 3 is 2.67 bits per heavy atom. The Hall–Kier alpha value is -2.10. The van der Waals surface area contributed by atoms with Crippen molar-refractivity contribution in [2.24, 2.45) is 11.1 Å². The molecule has 4 rings (SSSR count). The first-order chi connectivity index (χ1) is 12.5. The van der Waals surface area contributed by atoms with Gasteiger partial charge in [0.2, 0.25) is 15.9 Å². The van der Waals surface area contributed by atoms with Crippen molar-refractivity contribution in [2.75, 3.05) is 23.7 Å². The number of rotatable bonds is 5. The monoisotopic (exact) mass is 411 g/mol. The Balaban J connectivity index is 0.00000210. The van der Waals surface area contributed by atoms with Crippen LogP contribution in [-0.4, -0.2) is 41.8 Å². The number of sulfonamides is 1. The highest BCUT2D eigenvalue weighted by Gasteiger charge is 2.23. The van der Waals surface area contributed by atoms with E-state index in [0.717, 1.165) is 42.8 Å². The quantitative estimate of drug-likeness (QED) is 0.690. The summed E-state index contributed by atoms with van der Waals surface area (Å²) in [6.45, 7) is 1.68. The van der Waals surface area contributed by atoms with Gasteiger partial charge in [0, 0.05) is 25.4 Å². The first kappa shape index (κ1) is 19.7. The maximum absolute atomic E-state index is 11.1. The Labute approximate surface area is 163 Å². The van der Waals surface area contributed by atoms with Gasteiger partial charge in [0.15, 0.2) is 5.65 Å². The summed E-state index contributed by atoms with van der Waals surface area (Å²) in [6, 6.07) is 5.73. The molecule has 0 radical (unpaired) electrons. The van der Waals surface area contributed by atoms with E-state index in [-0.39, 0.29) is 18.2 Å². The molecule has 0 aliphatic carbocycles. The second-order valence-corrected chi connectivity index (χ2v) is 8.39. The number of aromatic nitrogens is 3. The fourth-order valence-electron chi connectivity index (χ4n) is 3.54. The number of nitrogens with zero attached hydrogens (tertiary/aromatic N) is 4. The minimum Gasteiger partial charge on any atom is -0.448 e. The predicted molar refractivity (Wildman–Crippen MR) is 106 cm³/mol. The third kappa shape index (κ3) is 4.26. The lowest BCUT2D eigenvalue weighted by Crippen LogP contribution is -2.35. The highest BCUT2D eigenvalue weighted by atomic mass is 35.5. The van der Waals surface area contributed by atoms with Crippen LogP contribution < -0.4 is 10.0 Å². The van der Waals surface area contributed by atoms with E-state index in [0.29, 0.717) is 18.2 Å². The molecule has 0 aromatic carbocycles. The van der Waals surface area contributed by atoms with Gasteiger partial charge < -0.3 is 9.32 Å². The highest BCUT2D eigenvalue weighted by molar-refractivity contribution is 7.89. The van der Waals surface area contributed by atoms with Crippen LogP contribution in [-0.2, 0) is 10.0 Å². The maximum Gasteiger partial charge on any atom is 0.209 e. The van der Waals surface area contributed by atoms with Crippen molar-refractivity contribution >= 4 is 39.3 Å². The molecule has 1 fully saturated rings. The van der Waals surface area contributed by atoms with E-state index in [1.165, 1.54) is 0 Å². The number of halogens is 1. The molecule has 1 saturated heterocycles. The smallest absolute Gasteiger partial charge is 0.209 e. The molecule has 146 valence electrons. The second kappa shape index (κ2) is 7.87. The molecule has 0 amide bonds. The van der Waals surface area contributed by atoms with Gasteiger partial charge in [-0.2, -0.15) is 0 Å². The Morgan fingerprint density at radius 2 is 2.00 bits per heavy atom. The molecule has 2 N–H and O–H groups in total. The van der Waals surface area contributed by atoms with Gasteiger partial charge in [0.25, 0.3) is 0 Å². The number of primary sulfonamides is 1. The van der Waals surface area contributed by atoms with E-state index in [2.05, 4.69) is 14.9 Å². The normalized spacial score (nSPS) is 15.8. The van der Waals surface area contributed by atoms with Crippen LogP contribution in [0.3, 0.4) is 0 Å². The number of hydrogen-bond acceptors (Lipinski definition) is 6. The van der Waals surface area contributed by atoms with E-state index < -0.39 is 10.0 Å². The van der Waals surface area contributed by atoms with Crippen LogP contribution in [0.1, 0.15) is 19.3 Å². The summed E-state index contributed by atoms with van der Waals surface area (Å²) in [4.78, 5) is 11.1. The molecule has 0 saturated carbocycles. The van der Waals surface area contributed by atoms with E-state index in [1.54, 1.807) is 12.6 Å². The topological polar surface area (TPSA) is 107 Å². The molecule has 10 heteroatoms. The second-order valence-electron chi connectivity index (χ2n) is 6.66. The molecule has 0 bridgehead atoms. The summed E-state index contributed by atoms with van der Waals surface area (Å²) in [7, 11) is -3.38. The number of piperidine rings is 1. The fourth-order valence-corrected chi connectivity index (χ4v) is 4.20. The summed E-state index contributed by atoms with van der Waals surface area (Å²) >= 11 is 0. The van der Waals surface area contributed by atoms with E-state index in [9.17, 15) is 8.42 Å². The lowest BCUT2D eigenvalue weighted by Gasteiger charge is -2.33. The van der Waals surface area contributed by atoms with E-state index in [1.807, 2.05) is 29.0 Å². The third-order valence-corrected chi connectivity index (χ3v) is 5.73. The van der Waals surface area contributed by atoms with Crippen molar-refractivity contribution in [1.82, 2.24) is 14.5 Å². The average Bonchev–Trinajstić information content (AvgIpc) is 3.28. The summed E-state index contributed by atoms with van der Waals surface area (Å²) in [6.07, 6.45) is 7.63. The first-order valence-corrected chi connectivity index (χ1v) is 10.3. The first-order valence-electron chi connectivity index (χ1n) is 8.62. The van der Waals surface area contributed by atoms with Gasteiger partial charge in [-0.3, -0.25) is 4.57 Å². The lowest BCUT2D eigenvalue weighted by atomic mass is 9.94. The van der Waals surface area contributed by atoms with Crippen LogP contribution in [0, 0.1) is 5.92 Å². The van der Waals surface area contributed by atoms with Gasteiger partial charge in [-0.1, -0.05) is 0 Å². The molecule has 3 aromatic rings. The van der Waals surface area contributed by atoms with Crippen LogP contribution >= 0.6 is 12.4 Å². The van der Waals surface area contributed by atoms with Gasteiger partial charge in [0.1, 0.15) is 12.1 Å². The molecule has 1 aliphatic heterocycles. The number of nitrogens with two attached hydrogens (primary N) is 1. The van der Waals surface area contributed by atoms with Gasteiger partial charge in [-0.05, 0) is 37.3 Å². The van der Waals surface area contributed by atoms with Gasteiger partial charge in [-0.25, -0.2) is 23.5 Å². The molecule has 1 aliphatic rings. The number of hydrogen-bond donors (Lipinski definition) is 1. The average molecular weight is 412 g/mol. The third-order valence-electron chi connectivity index (χ3n) is 4.93. The van der Waals surface area contributed by atoms with Crippen molar-refractivity contribution in [3.05, 3.63) is 37.0 Å². The van der Waals surface area contributed by atoms with Crippen molar-refractivity contribution < 1.29 is 12.8 Å². The van der Waals surface area contributed by atoms with Crippen molar-refractivity contribution in [3.8, 4) is 5.88 Å². The molecule has 0 unspecified atom stereocenters. The van der Waals surface area contributed by atoms with Crippen molar-refractivity contribution in [3.63, 3.8) is 0 Å². The summed E-state index contributed by atoms with van der Waals surface area (Å²) in [5.74, 6) is 2.06. The zero-order chi connectivity index (χ0) is 18.1. The summed E-state index contributed by atoms with van der Waals surface area (Å²) in [5, 5.41) is 6.09. The molecule has 27 heavy (non-hydrogen) atoms. The molecule has 3 aromatic heterocycles. The molecular weight excluding hydrogens is 390 g/mol. The van der Waals surface area contributed by atoms with Crippen LogP contribution in [0.5, 0.6) is 0 Å². The standard InChI is InChI=1S/C17H21N5O3S.ClH/c18-26(23,24)11-6-13-3-7-21(8-4-13)16-14-5-9-22(15-2-1-10-25-15)17(14)20-12-19-16;/h1-2,5,9-10,12-13H,3-4,6-8,11H2,(H2,18,23,24);1H. The van der Waals surface area contributed by atoms with Crippen LogP contribution in [0.2, 0.25) is 0 Å². The Kier molecular flexibility index (Phi) is 5.73. The minimum absolute atomic E-state index is 0. The number of furan rings is 1. The Morgan fingerprint density at radius 1 is 1.22 bits per heavy atom. The molecular formula is C17H22ClN5O3S. The Bertz CT molecular complexity index is 995. The van der Waals surface area contributed by atoms with E-state index in [4.69, 9.17) is 9.56 Å². The number of fused-ring (bicyclic) bond motifs is 1. The lowest BCUT2D eigenvalue weighted by molar-refractivity contribution is 0.394. The zero-order valence-electron chi connectivity index (χ0n) is 14.7. The largest absolute Gasteiger partial charge is 0.448 e. The number of anilines is 1. The van der Waals surface area contributed by atoms with Crippen molar-refractivity contribution in [2.45, 2.75) is 19.3 Å². The highest BCUT2D eigenvalue weighted by Crippen LogP contribution is 2.30. The SMILES string of the molecule is Cl.NS(=O)(=O)CCC1CCN(c2ncnc3c2ccn3-c2ccco2)CC1. The van der Waals surface area contributed by atoms with Crippen LogP contribution in [0.25, 0.3) is 16.9 Å². The molecule has 0 atom stereocenters. The molecule has 8 nitrogen and oxygen atoms in total. The molecule has 4 heterocycles. The van der Waals surface area contributed by atoms with Crippen LogP contribution in [0.4, 0.5) is 5.82 Å². The van der Waals surface area contributed by atoms with Crippen molar-refractivity contribution in [1.29, 1.82) is 0 Å². The summed E-state index contributed by atoms with van der Waals surface area (Å²) < 4.78 is 29.7. The molecule has 0 spiro atoms.